The van der Waals surface area contributed by atoms with Gasteiger partial charge in [-0.3, -0.25) is 18.7 Å². The third kappa shape index (κ3) is 12.3. The number of nitrogens with one attached hydrogen (secondary N) is 2. The molecule has 62 heavy (non-hydrogen) atoms. The predicted molar refractivity (Wildman–Crippen MR) is 227 cm³/mol. The number of ether oxygens (including phenoxy) is 4. The summed E-state index contributed by atoms with van der Waals surface area (Å²) >= 11 is 0. The van der Waals surface area contributed by atoms with Crippen LogP contribution in [0.1, 0.15) is 27.7 Å². The maximum Gasteiger partial charge on any atom is 0.342 e. The van der Waals surface area contributed by atoms with Crippen LogP contribution in [-0.4, -0.2) is 101 Å². The molecule has 0 radical (unpaired) electrons. The Bertz CT molecular complexity index is 2360. The topological polar surface area (TPSA) is 287 Å². The minimum atomic E-state index is -3.90. The molecule has 6 rings (SSSR count). The van der Waals surface area contributed by atoms with E-state index in [9.17, 15) is 18.7 Å². The molecule has 6 atom stereocenters. The number of rotatable bonds is 23. The molecule has 0 saturated carbocycles. The average molecular weight is 895 g/mol. The number of esters is 2. The summed E-state index contributed by atoms with van der Waals surface area (Å²) in [4.78, 5) is 51.0. The highest BCUT2D eigenvalue weighted by molar-refractivity contribution is 7.57. The van der Waals surface area contributed by atoms with Gasteiger partial charge in [-0.15, -0.1) is 0 Å². The number of carbonyl (C=O) groups excluding carboxylic acids is 2. The summed E-state index contributed by atoms with van der Waals surface area (Å²) < 4.78 is 66.0. The molecule has 0 aliphatic carbocycles. The van der Waals surface area contributed by atoms with Gasteiger partial charge in [-0.2, -0.15) is 0 Å². The number of carbonyl (C=O) groups is 2. The molecular weight excluding hydrogens is 846 g/mol. The third-order valence-electron chi connectivity index (χ3n) is 8.88. The van der Waals surface area contributed by atoms with E-state index in [-0.39, 0.29) is 49.4 Å². The van der Waals surface area contributed by atoms with Crippen molar-refractivity contribution in [2.75, 3.05) is 37.4 Å². The zero-order chi connectivity index (χ0) is 44.3. The Morgan fingerprint density at radius 1 is 0.613 bits per heavy atom. The molecule has 0 spiro atoms. The van der Waals surface area contributed by atoms with E-state index in [2.05, 4.69) is 40.1 Å². The number of anilines is 2. The monoisotopic (exact) mass is 894 g/mol. The van der Waals surface area contributed by atoms with Crippen LogP contribution >= 0.6 is 15.0 Å². The lowest BCUT2D eigenvalue weighted by Crippen LogP contribution is -2.38. The van der Waals surface area contributed by atoms with E-state index in [0.717, 1.165) is 0 Å². The Kier molecular flexibility index (Phi) is 15.2. The van der Waals surface area contributed by atoms with E-state index < -0.39 is 64.0 Å². The molecule has 4 heterocycles. The Labute approximate surface area is 356 Å². The first kappa shape index (κ1) is 45.5. The standard InChI is InChI=1S/C38H48N12O10P2/c1-25(17-49-21-45-31-33(39)41-19-43-35(31)49)57-23-61(53,59-29-11-7-5-8-12-29)47-27(3)37(51)55-15-16-56-38(52)28(4)48-62(54,60-30-13-9-6-10-14-30)24-58-26(2)18-50-22-46-32-34(40)42-20-44-36(32)50/h5-14,19-22,25-28H,15-18,23-24H2,1-4H3,(H,47,53)(H,48,54)(H2,39,41,43)(H2,40,42,44)/t25-,26-,27+,28+,61?,62?/m1/s1. The SMILES string of the molecule is C[C@H](Cn1cnc2c(N)ncnc21)OCP(=O)(N[C@@H](C)C(=O)OCCOC(=O)[C@H](C)NP(=O)(CO[C@H](C)Cn1cnc2c(N)ncnc21)Oc1ccccc1)Oc1ccccc1. The number of hydrogen-bond donors (Lipinski definition) is 4. The summed E-state index contributed by atoms with van der Waals surface area (Å²) in [5, 5.41) is 5.47. The van der Waals surface area contributed by atoms with Gasteiger partial charge in [-0.1, -0.05) is 36.4 Å². The Hall–Kier alpha value is -6.02. The van der Waals surface area contributed by atoms with Crippen LogP contribution in [0.15, 0.2) is 86.0 Å². The van der Waals surface area contributed by atoms with Crippen molar-refractivity contribution in [3.05, 3.63) is 86.0 Å². The van der Waals surface area contributed by atoms with Crippen molar-refractivity contribution in [3.8, 4) is 11.5 Å². The first-order valence-corrected chi connectivity index (χ1v) is 22.9. The van der Waals surface area contributed by atoms with E-state index in [1.165, 1.54) is 26.5 Å². The zero-order valence-electron chi connectivity index (χ0n) is 34.3. The van der Waals surface area contributed by atoms with Gasteiger partial charge in [-0.25, -0.2) is 40.1 Å². The Morgan fingerprint density at radius 3 is 1.39 bits per heavy atom. The number of nitrogen functional groups attached to an aromatic ring is 2. The number of para-hydroxylation sites is 2. The molecule has 0 bridgehead atoms. The largest absolute Gasteiger partial charge is 0.461 e. The summed E-state index contributed by atoms with van der Waals surface area (Å²) in [6.07, 6.45) is 3.93. The number of nitrogens with zero attached hydrogens (tertiary/aromatic N) is 8. The van der Waals surface area contributed by atoms with Crippen LogP contribution < -0.4 is 30.7 Å². The maximum atomic E-state index is 14.1. The first-order valence-electron chi connectivity index (χ1n) is 19.3. The Balaban J connectivity index is 0.989. The van der Waals surface area contributed by atoms with E-state index in [4.69, 9.17) is 39.5 Å². The second kappa shape index (κ2) is 20.7. The molecule has 0 amide bonds. The van der Waals surface area contributed by atoms with Crippen LogP contribution in [0.4, 0.5) is 11.6 Å². The van der Waals surface area contributed by atoms with Gasteiger partial charge >= 0.3 is 27.0 Å². The normalized spacial score (nSPS) is 15.5. The summed E-state index contributed by atoms with van der Waals surface area (Å²) in [5.41, 5.74) is 13.7. The smallest absolute Gasteiger partial charge is 0.342 e. The number of fused-ring (bicyclic) bond motifs is 2. The molecule has 22 nitrogen and oxygen atoms in total. The molecule has 330 valence electrons. The molecule has 0 aliphatic rings. The second-order valence-corrected chi connectivity index (χ2v) is 18.2. The van der Waals surface area contributed by atoms with Gasteiger partial charge in [0.15, 0.2) is 22.9 Å². The number of benzene rings is 2. The lowest BCUT2D eigenvalue weighted by molar-refractivity contribution is -0.153. The Morgan fingerprint density at radius 2 is 1.00 bits per heavy atom. The fourth-order valence-electron chi connectivity index (χ4n) is 5.89. The highest BCUT2D eigenvalue weighted by Gasteiger charge is 2.33. The molecule has 0 fully saturated rings. The molecule has 0 saturated heterocycles. The van der Waals surface area contributed by atoms with Crippen molar-refractivity contribution < 1.29 is 46.7 Å². The van der Waals surface area contributed by atoms with E-state index >= 15 is 0 Å². The third-order valence-corrected chi connectivity index (χ3v) is 12.4. The lowest BCUT2D eigenvalue weighted by Gasteiger charge is -2.25. The zero-order valence-corrected chi connectivity index (χ0v) is 36.1. The highest BCUT2D eigenvalue weighted by Crippen LogP contribution is 2.45. The quantitative estimate of drug-likeness (QED) is 0.0399. The fraction of sp³-hybridized carbons (Fsp3) is 0.368. The van der Waals surface area contributed by atoms with Gasteiger partial charge in [0.1, 0.15) is 73.2 Å². The first-order chi connectivity index (χ1) is 29.7. The van der Waals surface area contributed by atoms with Gasteiger partial charge in [0, 0.05) is 0 Å². The van der Waals surface area contributed by atoms with Crippen molar-refractivity contribution >= 4 is 60.9 Å². The van der Waals surface area contributed by atoms with E-state index in [1.807, 2.05) is 0 Å². The van der Waals surface area contributed by atoms with Crippen LogP contribution in [0.25, 0.3) is 22.3 Å². The molecule has 0 aliphatic heterocycles. The summed E-state index contributed by atoms with van der Waals surface area (Å²) in [7, 11) is -7.81. The molecule has 6 N–H and O–H groups in total. The van der Waals surface area contributed by atoms with E-state index in [0.29, 0.717) is 22.3 Å². The van der Waals surface area contributed by atoms with Gasteiger partial charge in [-0.05, 0) is 52.0 Å². The predicted octanol–water partition coefficient (Wildman–Crippen LogP) is 4.14. The molecule has 2 unspecified atom stereocenters. The maximum absolute atomic E-state index is 14.1. The van der Waals surface area contributed by atoms with Crippen LogP contribution in [0.5, 0.6) is 11.5 Å². The van der Waals surface area contributed by atoms with Crippen molar-refractivity contribution in [2.24, 2.45) is 0 Å². The number of aromatic nitrogens is 8. The van der Waals surface area contributed by atoms with Crippen molar-refractivity contribution in [3.63, 3.8) is 0 Å². The number of imidazole rings is 2. The minimum absolute atomic E-state index is 0.239. The summed E-state index contributed by atoms with van der Waals surface area (Å²) in [6, 6.07) is 14.6. The van der Waals surface area contributed by atoms with Gasteiger partial charge in [0.25, 0.3) is 0 Å². The fourth-order valence-corrected chi connectivity index (χ4v) is 9.46. The average Bonchev–Trinajstić information content (AvgIpc) is 3.86. The molecule has 24 heteroatoms. The van der Waals surface area contributed by atoms with Crippen LogP contribution in [-0.2, 0) is 50.8 Å². The number of nitrogens with two attached hydrogens (primary N) is 2. The van der Waals surface area contributed by atoms with Crippen LogP contribution in [0.2, 0.25) is 0 Å². The van der Waals surface area contributed by atoms with Crippen molar-refractivity contribution in [2.45, 2.75) is 65.1 Å². The number of hydrogen-bond acceptors (Lipinski definition) is 18. The minimum Gasteiger partial charge on any atom is -0.461 e. The molecule has 2 aromatic carbocycles. The van der Waals surface area contributed by atoms with Crippen molar-refractivity contribution in [1.29, 1.82) is 0 Å². The highest BCUT2D eigenvalue weighted by atomic mass is 31.2. The van der Waals surface area contributed by atoms with Gasteiger partial charge in [0.05, 0.1) is 38.0 Å². The molecule has 6 aromatic rings. The summed E-state index contributed by atoms with van der Waals surface area (Å²) in [6.45, 7) is 6.31. The summed E-state index contributed by atoms with van der Waals surface area (Å²) in [5.74, 6) is -0.554. The molecular formula is C38H48N12O10P2. The van der Waals surface area contributed by atoms with Crippen molar-refractivity contribution in [1.82, 2.24) is 49.2 Å². The van der Waals surface area contributed by atoms with Gasteiger partial charge in [0.2, 0.25) is 0 Å². The van der Waals surface area contributed by atoms with E-state index in [1.54, 1.807) is 96.3 Å². The second-order valence-electron chi connectivity index (χ2n) is 14.1. The lowest BCUT2D eigenvalue weighted by atomic mass is 10.3. The van der Waals surface area contributed by atoms with Gasteiger partial charge < -0.3 is 48.6 Å². The van der Waals surface area contributed by atoms with Crippen LogP contribution in [0.3, 0.4) is 0 Å². The molecule has 4 aromatic heterocycles. The van der Waals surface area contributed by atoms with Crippen LogP contribution in [0, 0.1) is 0 Å².